The topological polar surface area (TPSA) is 48.0 Å². The summed E-state index contributed by atoms with van der Waals surface area (Å²) in [7, 11) is 0. The van der Waals surface area contributed by atoms with Crippen LogP contribution in [0.3, 0.4) is 0 Å². The molecule has 0 saturated carbocycles. The highest BCUT2D eigenvalue weighted by molar-refractivity contribution is 6.30. The Morgan fingerprint density at radius 1 is 0.900 bits per heavy atom. The molecule has 4 aromatic rings. The van der Waals surface area contributed by atoms with E-state index in [1.807, 2.05) is 49.4 Å². The molecule has 3 aromatic carbocycles. The Morgan fingerprint density at radius 3 is 1.93 bits per heavy atom. The van der Waals surface area contributed by atoms with E-state index < -0.39 is 5.91 Å². The van der Waals surface area contributed by atoms with Crippen LogP contribution in [0.4, 0.5) is 0 Å². The fourth-order valence-corrected chi connectivity index (χ4v) is 4.07. The summed E-state index contributed by atoms with van der Waals surface area (Å²) in [5.74, 6) is -0.289. The van der Waals surface area contributed by atoms with Crippen LogP contribution in [-0.4, -0.2) is 10.5 Å². The second kappa shape index (κ2) is 8.60. The zero-order valence-electron chi connectivity index (χ0n) is 16.8. The first kappa shape index (κ1) is 20.0. The van der Waals surface area contributed by atoms with Crippen LogP contribution in [-0.2, 0) is 6.54 Å². The summed E-state index contributed by atoms with van der Waals surface area (Å²) in [6, 6.07) is 30.4. The summed E-state index contributed by atoms with van der Waals surface area (Å²) >= 11 is 6.09. The maximum absolute atomic E-state index is 12.1. The molecule has 0 spiro atoms. The van der Waals surface area contributed by atoms with E-state index in [0.717, 1.165) is 17.0 Å². The molecule has 0 unspecified atom stereocenters. The van der Waals surface area contributed by atoms with Crippen LogP contribution in [0.2, 0.25) is 5.02 Å². The van der Waals surface area contributed by atoms with Crippen molar-refractivity contribution in [2.75, 3.05) is 0 Å². The Hall–Kier alpha value is -3.30. The third kappa shape index (κ3) is 4.03. The molecule has 0 bridgehead atoms. The lowest BCUT2D eigenvalue weighted by atomic mass is 9.91. The van der Waals surface area contributed by atoms with Crippen molar-refractivity contribution < 1.29 is 4.79 Å². The zero-order valence-corrected chi connectivity index (χ0v) is 17.5. The fourth-order valence-electron chi connectivity index (χ4n) is 3.95. The lowest BCUT2D eigenvalue weighted by Gasteiger charge is -2.22. The van der Waals surface area contributed by atoms with Gasteiger partial charge in [-0.3, -0.25) is 4.79 Å². The molecular formula is C26H23ClN2O. The van der Waals surface area contributed by atoms with Crippen molar-refractivity contribution in [1.29, 1.82) is 0 Å². The van der Waals surface area contributed by atoms with Gasteiger partial charge in [-0.2, -0.15) is 0 Å². The van der Waals surface area contributed by atoms with Crippen molar-refractivity contribution in [2.24, 2.45) is 5.73 Å². The minimum Gasteiger partial charge on any atom is -0.366 e. The average Bonchev–Trinajstić information content (AvgIpc) is 3.10. The number of primary amides is 1. The first-order valence-corrected chi connectivity index (χ1v) is 10.3. The van der Waals surface area contributed by atoms with Gasteiger partial charge in [-0.15, -0.1) is 0 Å². The number of carbonyl (C=O) groups excluding carboxylic acids is 1. The van der Waals surface area contributed by atoms with Crippen molar-refractivity contribution in [3.05, 3.63) is 118 Å². The smallest absolute Gasteiger partial charge is 0.250 e. The minimum atomic E-state index is -0.419. The van der Waals surface area contributed by atoms with Crippen LogP contribution in [0.25, 0.3) is 11.3 Å². The Kier molecular flexibility index (Phi) is 5.73. The predicted molar refractivity (Wildman–Crippen MR) is 123 cm³/mol. The van der Waals surface area contributed by atoms with Crippen LogP contribution in [0.15, 0.2) is 91.0 Å². The standard InChI is InChI=1S/C26H23ClN2O/c1-18-23(26(28)30)16-25(21-12-14-22(27)15-13-21)29(18)17-24(19-8-4-2-5-9-19)20-10-6-3-7-11-20/h2-16,24H,17H2,1H3,(H2,28,30). The molecule has 0 saturated heterocycles. The first-order valence-electron chi connectivity index (χ1n) is 9.90. The van der Waals surface area contributed by atoms with Gasteiger partial charge in [0.25, 0.3) is 5.91 Å². The number of carbonyl (C=O) groups is 1. The number of benzene rings is 3. The van der Waals surface area contributed by atoms with Crippen molar-refractivity contribution >= 4 is 17.5 Å². The van der Waals surface area contributed by atoms with Gasteiger partial charge in [0.2, 0.25) is 0 Å². The molecule has 30 heavy (non-hydrogen) atoms. The van der Waals surface area contributed by atoms with Crippen LogP contribution in [0.1, 0.15) is 33.1 Å². The highest BCUT2D eigenvalue weighted by Crippen LogP contribution is 2.32. The van der Waals surface area contributed by atoms with Crippen LogP contribution in [0, 0.1) is 6.92 Å². The number of hydrogen-bond donors (Lipinski definition) is 1. The lowest BCUT2D eigenvalue weighted by Crippen LogP contribution is -2.15. The van der Waals surface area contributed by atoms with E-state index in [4.69, 9.17) is 17.3 Å². The molecule has 0 aliphatic rings. The number of rotatable bonds is 6. The Bertz CT molecular complexity index is 1110. The van der Waals surface area contributed by atoms with Gasteiger partial charge in [-0.1, -0.05) is 84.4 Å². The van der Waals surface area contributed by atoms with Crippen LogP contribution in [0.5, 0.6) is 0 Å². The largest absolute Gasteiger partial charge is 0.366 e. The summed E-state index contributed by atoms with van der Waals surface area (Å²) < 4.78 is 2.19. The molecule has 3 nitrogen and oxygen atoms in total. The zero-order chi connectivity index (χ0) is 21.1. The molecule has 0 aliphatic carbocycles. The van der Waals surface area contributed by atoms with Crippen molar-refractivity contribution in [1.82, 2.24) is 4.57 Å². The normalized spacial score (nSPS) is 11.0. The molecule has 0 radical (unpaired) electrons. The van der Waals surface area contributed by atoms with Gasteiger partial charge in [0.15, 0.2) is 0 Å². The molecule has 0 fully saturated rings. The second-order valence-electron chi connectivity index (χ2n) is 7.38. The summed E-state index contributed by atoms with van der Waals surface area (Å²) in [4.78, 5) is 12.1. The quantitative estimate of drug-likeness (QED) is 0.410. The van der Waals surface area contributed by atoms with E-state index >= 15 is 0 Å². The summed E-state index contributed by atoms with van der Waals surface area (Å²) in [5.41, 5.74) is 11.5. The van der Waals surface area contributed by atoms with E-state index in [1.165, 1.54) is 11.1 Å². The van der Waals surface area contributed by atoms with Crippen molar-refractivity contribution in [3.8, 4) is 11.3 Å². The van der Waals surface area contributed by atoms with E-state index in [0.29, 0.717) is 17.1 Å². The fraction of sp³-hybridized carbons (Fsp3) is 0.115. The molecule has 1 amide bonds. The predicted octanol–water partition coefficient (Wildman–Crippen LogP) is 6.05. The maximum Gasteiger partial charge on any atom is 0.250 e. The summed E-state index contributed by atoms with van der Waals surface area (Å²) in [6.45, 7) is 2.64. The molecule has 0 atom stereocenters. The third-order valence-electron chi connectivity index (χ3n) is 5.54. The lowest BCUT2D eigenvalue weighted by molar-refractivity contribution is 0.0999. The van der Waals surface area contributed by atoms with Gasteiger partial charge in [0.1, 0.15) is 0 Å². The second-order valence-corrected chi connectivity index (χ2v) is 7.82. The molecule has 1 heterocycles. The molecule has 150 valence electrons. The Labute approximate surface area is 181 Å². The van der Waals surface area contributed by atoms with Gasteiger partial charge in [0.05, 0.1) is 5.56 Å². The third-order valence-corrected chi connectivity index (χ3v) is 5.79. The highest BCUT2D eigenvalue weighted by Gasteiger charge is 2.21. The minimum absolute atomic E-state index is 0.130. The Morgan fingerprint density at radius 2 is 1.43 bits per heavy atom. The van der Waals surface area contributed by atoms with Crippen molar-refractivity contribution in [3.63, 3.8) is 0 Å². The Balaban J connectivity index is 1.85. The maximum atomic E-state index is 12.1. The van der Waals surface area contributed by atoms with Crippen molar-refractivity contribution in [2.45, 2.75) is 19.4 Å². The van der Waals surface area contributed by atoms with E-state index in [9.17, 15) is 4.79 Å². The van der Waals surface area contributed by atoms with Gasteiger partial charge < -0.3 is 10.3 Å². The van der Waals surface area contributed by atoms with Gasteiger partial charge in [-0.25, -0.2) is 0 Å². The highest BCUT2D eigenvalue weighted by atomic mass is 35.5. The number of nitrogens with zero attached hydrogens (tertiary/aromatic N) is 1. The molecular weight excluding hydrogens is 392 g/mol. The number of halogens is 1. The molecule has 4 heteroatoms. The van der Waals surface area contributed by atoms with Gasteiger partial charge in [-0.05, 0) is 41.8 Å². The summed E-state index contributed by atoms with van der Waals surface area (Å²) in [6.07, 6.45) is 0. The number of amides is 1. The number of aromatic nitrogens is 1. The van der Waals surface area contributed by atoms with Gasteiger partial charge in [0, 0.05) is 28.9 Å². The SMILES string of the molecule is Cc1c(C(N)=O)cc(-c2ccc(Cl)cc2)n1CC(c1ccccc1)c1ccccc1. The van der Waals surface area contributed by atoms with E-state index in [2.05, 4.69) is 53.1 Å². The molecule has 2 N–H and O–H groups in total. The first-order chi connectivity index (χ1) is 14.5. The average molecular weight is 415 g/mol. The van der Waals surface area contributed by atoms with Gasteiger partial charge >= 0.3 is 0 Å². The summed E-state index contributed by atoms with van der Waals surface area (Å²) in [5, 5.41) is 0.676. The van der Waals surface area contributed by atoms with Crippen LogP contribution >= 0.6 is 11.6 Å². The molecule has 1 aromatic heterocycles. The monoisotopic (exact) mass is 414 g/mol. The van der Waals surface area contributed by atoms with Crippen LogP contribution < -0.4 is 5.73 Å². The van der Waals surface area contributed by atoms with E-state index in [1.54, 1.807) is 0 Å². The number of nitrogens with two attached hydrogens (primary N) is 1. The molecule has 0 aliphatic heterocycles. The molecule has 4 rings (SSSR count). The number of hydrogen-bond acceptors (Lipinski definition) is 1. The van der Waals surface area contributed by atoms with E-state index in [-0.39, 0.29) is 5.92 Å².